The molecule has 1 heterocycles. The minimum Gasteiger partial charge on any atom is -0.398 e. The Balaban J connectivity index is 2.34. The first-order valence-electron chi connectivity index (χ1n) is 5.65. The zero-order valence-electron chi connectivity index (χ0n) is 11.1. The Hall–Kier alpha value is -2.37. The second-order valence-corrected chi connectivity index (χ2v) is 5.61. The van der Waals surface area contributed by atoms with E-state index in [0.29, 0.717) is 5.69 Å². The van der Waals surface area contributed by atoms with Crippen LogP contribution in [0.4, 0.5) is 23.3 Å². The summed E-state index contributed by atoms with van der Waals surface area (Å²) in [7, 11) is -2.94. The van der Waals surface area contributed by atoms with Crippen LogP contribution in [0.2, 0.25) is 5.28 Å². The quantitative estimate of drug-likeness (QED) is 0.431. The molecule has 116 valence electrons. The Labute approximate surface area is 130 Å². The van der Waals surface area contributed by atoms with Crippen molar-refractivity contribution in [3.8, 4) is 0 Å². The third-order valence-electron chi connectivity index (χ3n) is 2.33. The van der Waals surface area contributed by atoms with Gasteiger partial charge < -0.3 is 11.1 Å². The van der Waals surface area contributed by atoms with Crippen molar-refractivity contribution in [3.63, 3.8) is 0 Å². The van der Waals surface area contributed by atoms with Crippen LogP contribution in [-0.4, -0.2) is 35.0 Å². The standard InChI is InChI=1S/C10H10ClN7O3S/c1-13-18-10-16-8(11)15-9(17-10)14-5-2-3-7(6(12)4-5)22(19,20)21/h2-4H,12H2,1H3,(H,19,20,21)(H,14,15,16,17). The Morgan fingerprint density at radius 3 is 2.64 bits per heavy atom. The fourth-order valence-corrected chi connectivity index (χ4v) is 2.27. The highest BCUT2D eigenvalue weighted by atomic mass is 35.5. The topological polar surface area (TPSA) is 156 Å². The average Bonchev–Trinajstić information content (AvgIpc) is 2.36. The van der Waals surface area contributed by atoms with Crippen molar-refractivity contribution in [2.75, 3.05) is 18.1 Å². The zero-order valence-corrected chi connectivity index (χ0v) is 12.7. The predicted octanol–water partition coefficient (Wildman–Crippen LogP) is 1.81. The number of rotatable bonds is 4. The fourth-order valence-electron chi connectivity index (χ4n) is 1.52. The first-order valence-corrected chi connectivity index (χ1v) is 7.47. The third kappa shape index (κ3) is 3.84. The Kier molecular flexibility index (Phi) is 4.49. The lowest BCUT2D eigenvalue weighted by atomic mass is 10.3. The minimum atomic E-state index is -4.39. The predicted molar refractivity (Wildman–Crippen MR) is 79.2 cm³/mol. The smallest absolute Gasteiger partial charge is 0.296 e. The number of nitrogen functional groups attached to an aromatic ring is 1. The lowest BCUT2D eigenvalue weighted by Crippen LogP contribution is -2.04. The number of hydrogen-bond donors (Lipinski definition) is 3. The first kappa shape index (κ1) is 16.0. The van der Waals surface area contributed by atoms with Gasteiger partial charge in [0.1, 0.15) is 4.90 Å². The summed E-state index contributed by atoms with van der Waals surface area (Å²) in [6.07, 6.45) is 0. The number of nitrogens with two attached hydrogens (primary N) is 1. The summed E-state index contributed by atoms with van der Waals surface area (Å²) in [5, 5.41) is 9.82. The molecule has 1 aromatic heterocycles. The van der Waals surface area contributed by atoms with Gasteiger partial charge in [-0.15, -0.1) is 5.11 Å². The molecule has 2 aromatic rings. The Morgan fingerprint density at radius 2 is 2.05 bits per heavy atom. The molecule has 0 amide bonds. The second kappa shape index (κ2) is 6.17. The maximum atomic E-state index is 11.1. The molecule has 12 heteroatoms. The van der Waals surface area contributed by atoms with Gasteiger partial charge in [0.15, 0.2) is 0 Å². The van der Waals surface area contributed by atoms with E-state index >= 15 is 0 Å². The highest BCUT2D eigenvalue weighted by Gasteiger charge is 2.14. The van der Waals surface area contributed by atoms with Crippen LogP contribution in [0.1, 0.15) is 0 Å². The number of nitrogens with zero attached hydrogens (tertiary/aromatic N) is 5. The molecule has 0 radical (unpaired) electrons. The van der Waals surface area contributed by atoms with Crippen LogP contribution in [0.15, 0.2) is 33.3 Å². The van der Waals surface area contributed by atoms with Crippen molar-refractivity contribution in [2.24, 2.45) is 10.2 Å². The van der Waals surface area contributed by atoms with Crippen molar-refractivity contribution in [3.05, 3.63) is 23.5 Å². The molecule has 0 saturated heterocycles. The maximum Gasteiger partial charge on any atom is 0.296 e. The van der Waals surface area contributed by atoms with Crippen LogP contribution in [0, 0.1) is 0 Å². The van der Waals surface area contributed by atoms with Crippen molar-refractivity contribution in [1.82, 2.24) is 15.0 Å². The summed E-state index contributed by atoms with van der Waals surface area (Å²) in [5.41, 5.74) is 5.82. The Bertz CT molecular complexity index is 840. The van der Waals surface area contributed by atoms with Gasteiger partial charge in [-0.25, -0.2) is 0 Å². The van der Waals surface area contributed by atoms with Gasteiger partial charge >= 0.3 is 0 Å². The van der Waals surface area contributed by atoms with E-state index in [1.165, 1.54) is 19.2 Å². The largest absolute Gasteiger partial charge is 0.398 e. The monoisotopic (exact) mass is 343 g/mol. The number of nitrogens with one attached hydrogen (secondary N) is 1. The van der Waals surface area contributed by atoms with E-state index in [0.717, 1.165) is 6.07 Å². The van der Waals surface area contributed by atoms with E-state index in [-0.39, 0.29) is 22.9 Å². The number of hydrogen-bond acceptors (Lipinski definition) is 9. The van der Waals surface area contributed by atoms with Crippen molar-refractivity contribution >= 4 is 45.0 Å². The molecule has 1 aromatic carbocycles. The minimum absolute atomic E-state index is 0.00697. The Morgan fingerprint density at radius 1 is 1.32 bits per heavy atom. The molecular formula is C10H10ClN7O3S. The molecule has 22 heavy (non-hydrogen) atoms. The van der Waals surface area contributed by atoms with Gasteiger partial charge in [0.25, 0.3) is 16.1 Å². The van der Waals surface area contributed by atoms with Gasteiger partial charge in [-0.3, -0.25) is 4.55 Å². The highest BCUT2D eigenvalue weighted by Crippen LogP contribution is 2.24. The van der Waals surface area contributed by atoms with Crippen molar-refractivity contribution in [2.45, 2.75) is 4.90 Å². The van der Waals surface area contributed by atoms with Crippen LogP contribution < -0.4 is 11.1 Å². The maximum absolute atomic E-state index is 11.1. The molecule has 0 aliphatic rings. The number of azo groups is 1. The fraction of sp³-hybridized carbons (Fsp3) is 0.100. The number of halogens is 1. The SMILES string of the molecule is CN=Nc1nc(Cl)nc(Nc2ccc(S(=O)(=O)O)c(N)c2)n1. The van der Waals surface area contributed by atoms with E-state index in [1.807, 2.05) is 0 Å². The first-order chi connectivity index (χ1) is 10.3. The lowest BCUT2D eigenvalue weighted by Gasteiger charge is -2.08. The summed E-state index contributed by atoms with van der Waals surface area (Å²) in [6, 6.07) is 3.81. The number of benzene rings is 1. The van der Waals surface area contributed by atoms with Gasteiger partial charge in [0, 0.05) is 12.7 Å². The molecule has 4 N–H and O–H groups in total. The van der Waals surface area contributed by atoms with Crippen LogP contribution in [0.5, 0.6) is 0 Å². The summed E-state index contributed by atoms with van der Waals surface area (Å²) >= 11 is 5.73. The van der Waals surface area contributed by atoms with E-state index in [9.17, 15) is 8.42 Å². The highest BCUT2D eigenvalue weighted by molar-refractivity contribution is 7.86. The number of anilines is 3. The van der Waals surface area contributed by atoms with Crippen molar-refractivity contribution in [1.29, 1.82) is 0 Å². The van der Waals surface area contributed by atoms with Gasteiger partial charge in [-0.2, -0.15) is 28.5 Å². The number of aromatic nitrogens is 3. The molecule has 0 fully saturated rings. The van der Waals surface area contributed by atoms with Gasteiger partial charge in [0.2, 0.25) is 11.2 Å². The van der Waals surface area contributed by atoms with Gasteiger partial charge in [-0.05, 0) is 29.8 Å². The van der Waals surface area contributed by atoms with Gasteiger partial charge in [-0.1, -0.05) is 0 Å². The van der Waals surface area contributed by atoms with Crippen molar-refractivity contribution < 1.29 is 13.0 Å². The van der Waals surface area contributed by atoms with Gasteiger partial charge in [0.05, 0.1) is 5.69 Å². The summed E-state index contributed by atoms with van der Waals surface area (Å²) in [6.45, 7) is 0. The second-order valence-electron chi connectivity index (χ2n) is 3.88. The molecule has 0 bridgehead atoms. The molecule has 0 aliphatic carbocycles. The molecule has 2 rings (SSSR count). The summed E-state index contributed by atoms with van der Waals surface area (Å²) in [4.78, 5) is 11.1. The third-order valence-corrected chi connectivity index (χ3v) is 3.43. The normalized spacial score (nSPS) is 11.8. The summed E-state index contributed by atoms with van der Waals surface area (Å²) in [5.74, 6) is 0.0777. The van der Waals surface area contributed by atoms with E-state index in [2.05, 4.69) is 30.5 Å². The lowest BCUT2D eigenvalue weighted by molar-refractivity contribution is 0.483. The zero-order chi connectivity index (χ0) is 16.3. The molecule has 0 spiro atoms. The summed E-state index contributed by atoms with van der Waals surface area (Å²) < 4.78 is 31.1. The van der Waals surface area contributed by atoms with Crippen LogP contribution in [0.3, 0.4) is 0 Å². The van der Waals surface area contributed by atoms with E-state index in [4.69, 9.17) is 21.9 Å². The van der Waals surface area contributed by atoms with E-state index in [1.54, 1.807) is 0 Å². The van der Waals surface area contributed by atoms with Crippen LogP contribution >= 0.6 is 11.6 Å². The van der Waals surface area contributed by atoms with Crippen LogP contribution in [-0.2, 0) is 10.1 Å². The molecule has 10 nitrogen and oxygen atoms in total. The molecule has 0 atom stereocenters. The molecule has 0 saturated carbocycles. The molecule has 0 unspecified atom stereocenters. The molecular weight excluding hydrogens is 334 g/mol. The van der Waals surface area contributed by atoms with E-state index < -0.39 is 15.0 Å². The average molecular weight is 344 g/mol. The van der Waals surface area contributed by atoms with Crippen LogP contribution in [0.25, 0.3) is 0 Å². The molecule has 0 aliphatic heterocycles.